The van der Waals surface area contributed by atoms with Crippen LogP contribution in [-0.2, 0) is 17.7 Å². The van der Waals surface area contributed by atoms with Crippen molar-refractivity contribution in [2.24, 2.45) is 5.92 Å². The predicted molar refractivity (Wildman–Crippen MR) is 104 cm³/mol. The summed E-state index contributed by atoms with van der Waals surface area (Å²) in [6.45, 7) is 8.18. The molecule has 0 spiro atoms. The van der Waals surface area contributed by atoms with Crippen LogP contribution >= 0.6 is 11.3 Å². The highest BCUT2D eigenvalue weighted by atomic mass is 32.1. The SMILES string of the molecule is CC(C)Cc1nc(C(=O)NCC2CN(Cc3ccccc3)CCO2)cs1. The molecule has 1 N–H and O–H groups in total. The summed E-state index contributed by atoms with van der Waals surface area (Å²) in [6.07, 6.45) is 0.933. The van der Waals surface area contributed by atoms with Gasteiger partial charge in [-0.05, 0) is 11.5 Å². The third-order valence-electron chi connectivity index (χ3n) is 4.33. The lowest BCUT2D eigenvalue weighted by Gasteiger charge is -2.33. The molecule has 1 saturated heterocycles. The number of amides is 1. The first-order valence-electron chi connectivity index (χ1n) is 9.20. The number of hydrogen-bond donors (Lipinski definition) is 1. The smallest absolute Gasteiger partial charge is 0.270 e. The average Bonchev–Trinajstić information content (AvgIpc) is 3.09. The van der Waals surface area contributed by atoms with Crippen molar-refractivity contribution in [1.82, 2.24) is 15.2 Å². The van der Waals surface area contributed by atoms with Gasteiger partial charge >= 0.3 is 0 Å². The van der Waals surface area contributed by atoms with Crippen molar-refractivity contribution in [3.8, 4) is 0 Å². The number of aromatic nitrogens is 1. The van der Waals surface area contributed by atoms with Crippen LogP contribution in [0.1, 0.15) is 34.9 Å². The third-order valence-corrected chi connectivity index (χ3v) is 5.20. The molecular formula is C20H27N3O2S. The van der Waals surface area contributed by atoms with Crippen LogP contribution in [0.25, 0.3) is 0 Å². The van der Waals surface area contributed by atoms with Gasteiger partial charge in [-0.25, -0.2) is 4.98 Å². The largest absolute Gasteiger partial charge is 0.374 e. The van der Waals surface area contributed by atoms with E-state index in [0.29, 0.717) is 24.8 Å². The number of benzene rings is 1. The highest BCUT2D eigenvalue weighted by Crippen LogP contribution is 2.14. The number of carbonyl (C=O) groups excluding carboxylic acids is 1. The summed E-state index contributed by atoms with van der Waals surface area (Å²) >= 11 is 1.56. The Morgan fingerprint density at radius 1 is 1.38 bits per heavy atom. The Labute approximate surface area is 159 Å². The maximum Gasteiger partial charge on any atom is 0.270 e. The van der Waals surface area contributed by atoms with Gasteiger partial charge in [-0.15, -0.1) is 11.3 Å². The van der Waals surface area contributed by atoms with E-state index in [-0.39, 0.29) is 12.0 Å². The molecular weight excluding hydrogens is 346 g/mol. The van der Waals surface area contributed by atoms with E-state index in [4.69, 9.17) is 4.74 Å². The molecule has 0 saturated carbocycles. The van der Waals surface area contributed by atoms with E-state index in [0.717, 1.165) is 31.1 Å². The van der Waals surface area contributed by atoms with Crippen LogP contribution in [0.2, 0.25) is 0 Å². The van der Waals surface area contributed by atoms with Crippen LogP contribution in [-0.4, -0.2) is 48.1 Å². The topological polar surface area (TPSA) is 54.5 Å². The van der Waals surface area contributed by atoms with Gasteiger partial charge in [0, 0.05) is 38.0 Å². The van der Waals surface area contributed by atoms with Crippen LogP contribution in [0.3, 0.4) is 0 Å². The molecule has 0 aliphatic carbocycles. The van der Waals surface area contributed by atoms with Crippen molar-refractivity contribution in [3.63, 3.8) is 0 Å². The average molecular weight is 374 g/mol. The number of nitrogens with one attached hydrogen (secondary N) is 1. The Morgan fingerprint density at radius 2 is 2.19 bits per heavy atom. The van der Waals surface area contributed by atoms with Crippen LogP contribution in [0.5, 0.6) is 0 Å². The molecule has 1 atom stereocenters. The molecule has 2 aromatic rings. The zero-order valence-electron chi connectivity index (χ0n) is 15.5. The maximum absolute atomic E-state index is 12.3. The summed E-state index contributed by atoms with van der Waals surface area (Å²) < 4.78 is 5.82. The number of carbonyl (C=O) groups is 1. The Morgan fingerprint density at radius 3 is 2.96 bits per heavy atom. The molecule has 6 heteroatoms. The van der Waals surface area contributed by atoms with Crippen molar-refractivity contribution in [2.45, 2.75) is 32.9 Å². The Bertz CT molecular complexity index is 702. The van der Waals surface area contributed by atoms with E-state index in [1.165, 1.54) is 5.56 Å². The zero-order valence-corrected chi connectivity index (χ0v) is 16.3. The molecule has 1 aromatic carbocycles. The fourth-order valence-electron chi connectivity index (χ4n) is 3.04. The standard InChI is InChI=1S/C20H27N3O2S/c1-15(2)10-19-22-18(14-26-19)20(24)21-11-17-13-23(8-9-25-17)12-16-6-4-3-5-7-16/h3-7,14-15,17H,8-13H2,1-2H3,(H,21,24). The molecule has 1 amide bonds. The lowest BCUT2D eigenvalue weighted by Crippen LogP contribution is -2.47. The normalized spacial score (nSPS) is 18.2. The second-order valence-corrected chi connectivity index (χ2v) is 8.09. The number of rotatable bonds is 7. The van der Waals surface area contributed by atoms with E-state index in [1.54, 1.807) is 11.3 Å². The van der Waals surface area contributed by atoms with Crippen molar-refractivity contribution >= 4 is 17.2 Å². The molecule has 3 rings (SSSR count). The maximum atomic E-state index is 12.3. The van der Waals surface area contributed by atoms with Crippen molar-refractivity contribution < 1.29 is 9.53 Å². The summed E-state index contributed by atoms with van der Waals surface area (Å²) in [7, 11) is 0. The Kier molecular flexibility index (Phi) is 6.77. The molecule has 1 aromatic heterocycles. The van der Waals surface area contributed by atoms with Crippen LogP contribution in [0.4, 0.5) is 0 Å². The molecule has 140 valence electrons. The number of morpholine rings is 1. The van der Waals surface area contributed by atoms with E-state index in [2.05, 4.69) is 53.3 Å². The van der Waals surface area contributed by atoms with E-state index in [9.17, 15) is 4.79 Å². The fourth-order valence-corrected chi connectivity index (χ4v) is 4.03. The third kappa shape index (κ3) is 5.62. The van der Waals surface area contributed by atoms with Gasteiger partial charge in [-0.1, -0.05) is 44.2 Å². The molecule has 5 nitrogen and oxygen atoms in total. The quantitative estimate of drug-likeness (QED) is 0.811. The summed E-state index contributed by atoms with van der Waals surface area (Å²) in [6, 6.07) is 10.4. The summed E-state index contributed by atoms with van der Waals surface area (Å²) in [5, 5.41) is 5.84. The number of ether oxygens (including phenoxy) is 1. The van der Waals surface area contributed by atoms with Gasteiger partial charge in [0.1, 0.15) is 5.69 Å². The van der Waals surface area contributed by atoms with Gasteiger partial charge in [0.15, 0.2) is 0 Å². The van der Waals surface area contributed by atoms with E-state index < -0.39 is 0 Å². The number of thiazole rings is 1. The number of hydrogen-bond acceptors (Lipinski definition) is 5. The molecule has 1 fully saturated rings. The highest BCUT2D eigenvalue weighted by Gasteiger charge is 2.21. The first-order valence-corrected chi connectivity index (χ1v) is 10.1. The molecule has 0 bridgehead atoms. The Balaban J connectivity index is 1.46. The Hall–Kier alpha value is -1.76. The molecule has 26 heavy (non-hydrogen) atoms. The van der Waals surface area contributed by atoms with Crippen molar-refractivity contribution in [2.75, 3.05) is 26.2 Å². The minimum atomic E-state index is -0.111. The summed E-state index contributed by atoms with van der Waals surface area (Å²) in [5.41, 5.74) is 1.82. The van der Waals surface area contributed by atoms with Gasteiger partial charge in [0.25, 0.3) is 5.91 Å². The molecule has 0 radical (unpaired) electrons. The van der Waals surface area contributed by atoms with Crippen LogP contribution < -0.4 is 5.32 Å². The fraction of sp³-hybridized carbons (Fsp3) is 0.500. The van der Waals surface area contributed by atoms with Gasteiger partial charge in [0.2, 0.25) is 0 Å². The predicted octanol–water partition coefficient (Wildman–Crippen LogP) is 2.97. The number of nitrogens with zero attached hydrogens (tertiary/aromatic N) is 2. The van der Waals surface area contributed by atoms with Gasteiger partial charge in [-0.2, -0.15) is 0 Å². The zero-order chi connectivity index (χ0) is 18.4. The second-order valence-electron chi connectivity index (χ2n) is 7.15. The lowest BCUT2D eigenvalue weighted by atomic mass is 10.1. The van der Waals surface area contributed by atoms with Gasteiger partial charge in [-0.3, -0.25) is 9.69 Å². The highest BCUT2D eigenvalue weighted by molar-refractivity contribution is 7.09. The first kappa shape index (κ1) is 19.0. The summed E-state index contributed by atoms with van der Waals surface area (Å²) in [4.78, 5) is 19.1. The van der Waals surface area contributed by atoms with Crippen molar-refractivity contribution in [1.29, 1.82) is 0 Å². The minimum Gasteiger partial charge on any atom is -0.374 e. The molecule has 1 aliphatic heterocycles. The second kappa shape index (κ2) is 9.26. The molecule has 2 heterocycles. The monoisotopic (exact) mass is 373 g/mol. The lowest BCUT2D eigenvalue weighted by molar-refractivity contribution is -0.0292. The van der Waals surface area contributed by atoms with Gasteiger partial charge in [0.05, 0.1) is 17.7 Å². The van der Waals surface area contributed by atoms with Crippen molar-refractivity contribution in [3.05, 3.63) is 52.0 Å². The van der Waals surface area contributed by atoms with Crippen LogP contribution in [0.15, 0.2) is 35.7 Å². The first-order chi connectivity index (χ1) is 12.6. The van der Waals surface area contributed by atoms with Crippen LogP contribution in [0, 0.1) is 5.92 Å². The van der Waals surface area contributed by atoms with E-state index in [1.807, 2.05) is 11.4 Å². The molecule has 1 unspecified atom stereocenters. The summed E-state index contributed by atoms with van der Waals surface area (Å²) in [5.74, 6) is 0.434. The minimum absolute atomic E-state index is 0.0187. The molecule has 1 aliphatic rings. The van der Waals surface area contributed by atoms with E-state index >= 15 is 0 Å². The van der Waals surface area contributed by atoms with Gasteiger partial charge < -0.3 is 10.1 Å².